The maximum Gasteiger partial charge on any atom is 0.261 e. The van der Waals surface area contributed by atoms with Gasteiger partial charge in [0.15, 0.2) is 0 Å². The maximum absolute atomic E-state index is 12.8. The lowest BCUT2D eigenvalue weighted by atomic mass is 10.3. The Morgan fingerprint density at radius 1 is 1.05 bits per heavy atom. The molecule has 0 aliphatic heterocycles. The van der Waals surface area contributed by atoms with Crippen LogP contribution < -0.4 is 9.46 Å². The van der Waals surface area contributed by atoms with Gasteiger partial charge in [-0.15, -0.1) is 0 Å². The van der Waals surface area contributed by atoms with Crippen molar-refractivity contribution in [3.8, 4) is 5.75 Å². The second kappa shape index (κ2) is 6.58. The third-order valence-corrected chi connectivity index (χ3v) is 4.10. The Hall–Kier alpha value is -2.08. The third-order valence-electron chi connectivity index (χ3n) is 2.70. The smallest absolute Gasteiger partial charge is 0.261 e. The minimum absolute atomic E-state index is 0.00945. The number of ether oxygens (including phenoxy) is 1. The summed E-state index contributed by atoms with van der Waals surface area (Å²) in [5, 5.41) is 0. The van der Waals surface area contributed by atoms with Gasteiger partial charge in [0.25, 0.3) is 10.0 Å². The fraction of sp³-hybridized carbons (Fsp3) is 0.200. The van der Waals surface area contributed by atoms with Crippen LogP contribution in [0.25, 0.3) is 0 Å². The number of sulfonamides is 1. The number of nitrogens with one attached hydrogen (secondary N) is 1. The predicted octanol–water partition coefficient (Wildman–Crippen LogP) is 3.42. The van der Waals surface area contributed by atoms with Crippen molar-refractivity contribution in [2.75, 3.05) is 11.3 Å². The summed E-state index contributed by atoms with van der Waals surface area (Å²) in [7, 11) is -3.72. The van der Waals surface area contributed by atoms with E-state index in [1.807, 2.05) is 6.92 Å². The molecule has 0 fully saturated rings. The van der Waals surface area contributed by atoms with Crippen molar-refractivity contribution in [2.24, 2.45) is 0 Å². The molecule has 0 bridgehead atoms. The van der Waals surface area contributed by atoms with Crippen LogP contribution in [0.1, 0.15) is 13.3 Å². The Bertz CT molecular complexity index is 682. The van der Waals surface area contributed by atoms with Gasteiger partial charge in [0.05, 0.1) is 11.5 Å². The van der Waals surface area contributed by atoms with Gasteiger partial charge in [0.1, 0.15) is 11.6 Å². The van der Waals surface area contributed by atoms with E-state index in [0.717, 1.165) is 18.6 Å². The zero-order valence-electron chi connectivity index (χ0n) is 11.5. The molecule has 4 nitrogen and oxygen atoms in total. The lowest BCUT2D eigenvalue weighted by molar-refractivity contribution is 0.317. The highest BCUT2D eigenvalue weighted by atomic mass is 32.2. The molecule has 2 rings (SSSR count). The monoisotopic (exact) mass is 309 g/mol. The molecule has 112 valence electrons. The second-order valence-electron chi connectivity index (χ2n) is 4.43. The maximum atomic E-state index is 12.8. The highest BCUT2D eigenvalue weighted by Crippen LogP contribution is 2.19. The van der Waals surface area contributed by atoms with Crippen LogP contribution in [-0.2, 0) is 10.0 Å². The molecule has 2 aromatic carbocycles. The first-order valence-corrected chi connectivity index (χ1v) is 8.01. The van der Waals surface area contributed by atoms with E-state index in [1.165, 1.54) is 12.1 Å². The molecular formula is C15H16FNO3S. The lowest BCUT2D eigenvalue weighted by Crippen LogP contribution is -2.12. The van der Waals surface area contributed by atoms with E-state index in [-0.39, 0.29) is 4.90 Å². The Balaban J connectivity index is 2.11. The first-order chi connectivity index (χ1) is 10.0. The quantitative estimate of drug-likeness (QED) is 0.889. The van der Waals surface area contributed by atoms with Crippen LogP contribution in [0.5, 0.6) is 5.75 Å². The Labute approximate surface area is 123 Å². The van der Waals surface area contributed by atoms with E-state index in [4.69, 9.17) is 4.74 Å². The van der Waals surface area contributed by atoms with Gasteiger partial charge < -0.3 is 4.74 Å². The van der Waals surface area contributed by atoms with Crippen LogP contribution in [0.4, 0.5) is 10.1 Å². The first-order valence-electron chi connectivity index (χ1n) is 6.52. The van der Waals surface area contributed by atoms with E-state index in [1.54, 1.807) is 24.3 Å². The van der Waals surface area contributed by atoms with E-state index in [0.29, 0.717) is 18.0 Å². The van der Waals surface area contributed by atoms with Crippen LogP contribution in [0.15, 0.2) is 53.4 Å². The zero-order valence-corrected chi connectivity index (χ0v) is 12.4. The number of anilines is 1. The summed E-state index contributed by atoms with van der Waals surface area (Å²) in [5.41, 5.74) is 0.420. The molecule has 0 aliphatic rings. The van der Waals surface area contributed by atoms with Gasteiger partial charge in [0, 0.05) is 5.69 Å². The highest BCUT2D eigenvalue weighted by molar-refractivity contribution is 7.92. The average molecular weight is 309 g/mol. The van der Waals surface area contributed by atoms with E-state index in [2.05, 4.69) is 4.72 Å². The number of halogens is 1. The standard InChI is InChI=1S/C15H16FNO3S/c1-2-11-20-14-7-5-13(6-8-14)17-21(18,19)15-9-3-12(16)4-10-15/h3-10,17H,2,11H2,1H3. The average Bonchev–Trinajstić information content (AvgIpc) is 2.47. The molecule has 6 heteroatoms. The number of hydrogen-bond donors (Lipinski definition) is 1. The van der Waals surface area contributed by atoms with Crippen molar-refractivity contribution >= 4 is 15.7 Å². The molecule has 0 saturated carbocycles. The van der Waals surface area contributed by atoms with E-state index in [9.17, 15) is 12.8 Å². The van der Waals surface area contributed by atoms with Crippen LogP contribution in [-0.4, -0.2) is 15.0 Å². The van der Waals surface area contributed by atoms with Crippen molar-refractivity contribution < 1.29 is 17.5 Å². The van der Waals surface area contributed by atoms with Crippen molar-refractivity contribution in [2.45, 2.75) is 18.2 Å². The van der Waals surface area contributed by atoms with E-state index >= 15 is 0 Å². The number of rotatable bonds is 6. The van der Waals surface area contributed by atoms with Crippen molar-refractivity contribution in [1.29, 1.82) is 0 Å². The summed E-state index contributed by atoms with van der Waals surface area (Å²) in [4.78, 5) is 0.00945. The molecule has 0 heterocycles. The summed E-state index contributed by atoms with van der Waals surface area (Å²) in [6.45, 7) is 2.62. The largest absolute Gasteiger partial charge is 0.494 e. The fourth-order valence-electron chi connectivity index (χ4n) is 1.67. The third kappa shape index (κ3) is 4.19. The summed E-state index contributed by atoms with van der Waals surface area (Å²) >= 11 is 0. The highest BCUT2D eigenvalue weighted by Gasteiger charge is 2.14. The molecule has 0 atom stereocenters. The fourth-order valence-corrected chi connectivity index (χ4v) is 2.73. The molecule has 2 aromatic rings. The molecule has 0 aromatic heterocycles. The summed E-state index contributed by atoms with van der Waals surface area (Å²) in [6.07, 6.45) is 0.902. The van der Waals surface area contributed by atoms with Gasteiger partial charge in [-0.3, -0.25) is 4.72 Å². The van der Waals surface area contributed by atoms with Crippen LogP contribution in [0.2, 0.25) is 0 Å². The molecule has 0 amide bonds. The molecule has 0 aliphatic carbocycles. The summed E-state index contributed by atoms with van der Waals surface area (Å²) in [5.74, 6) is 0.202. The molecular weight excluding hydrogens is 293 g/mol. The van der Waals surface area contributed by atoms with Crippen LogP contribution in [0.3, 0.4) is 0 Å². The van der Waals surface area contributed by atoms with Gasteiger partial charge in [-0.1, -0.05) is 6.92 Å². The van der Waals surface area contributed by atoms with E-state index < -0.39 is 15.8 Å². The van der Waals surface area contributed by atoms with Gasteiger partial charge in [-0.25, -0.2) is 12.8 Å². The van der Waals surface area contributed by atoms with Gasteiger partial charge >= 0.3 is 0 Å². The van der Waals surface area contributed by atoms with Crippen molar-refractivity contribution in [3.63, 3.8) is 0 Å². The SMILES string of the molecule is CCCOc1ccc(NS(=O)(=O)c2ccc(F)cc2)cc1. The topological polar surface area (TPSA) is 55.4 Å². The molecule has 0 spiro atoms. The first kappa shape index (κ1) is 15.3. The minimum atomic E-state index is -3.72. The second-order valence-corrected chi connectivity index (χ2v) is 6.11. The van der Waals surface area contributed by atoms with Crippen LogP contribution in [0, 0.1) is 5.82 Å². The lowest BCUT2D eigenvalue weighted by Gasteiger charge is -2.09. The molecule has 1 N–H and O–H groups in total. The van der Waals surface area contributed by atoms with Gasteiger partial charge in [-0.2, -0.15) is 0 Å². The molecule has 0 saturated heterocycles. The van der Waals surface area contributed by atoms with Crippen LogP contribution >= 0.6 is 0 Å². The molecule has 0 radical (unpaired) electrons. The predicted molar refractivity (Wildman–Crippen MR) is 79.4 cm³/mol. The number of benzene rings is 2. The van der Waals surface area contributed by atoms with Crippen molar-refractivity contribution in [3.05, 3.63) is 54.3 Å². The summed E-state index contributed by atoms with van der Waals surface area (Å²) < 4.78 is 44.9. The summed E-state index contributed by atoms with van der Waals surface area (Å²) in [6, 6.07) is 11.3. The van der Waals surface area contributed by atoms with Gasteiger partial charge in [-0.05, 0) is 55.0 Å². The van der Waals surface area contributed by atoms with Gasteiger partial charge in [0.2, 0.25) is 0 Å². The Morgan fingerprint density at radius 3 is 2.24 bits per heavy atom. The van der Waals surface area contributed by atoms with Crippen molar-refractivity contribution in [1.82, 2.24) is 0 Å². The number of hydrogen-bond acceptors (Lipinski definition) is 3. The Morgan fingerprint density at radius 2 is 1.67 bits per heavy atom. The zero-order chi connectivity index (χ0) is 15.3. The molecule has 21 heavy (non-hydrogen) atoms. The minimum Gasteiger partial charge on any atom is -0.494 e. The molecule has 0 unspecified atom stereocenters. The Kier molecular flexibility index (Phi) is 4.80. The normalized spacial score (nSPS) is 11.1.